The molecule has 3 rings (SSSR count). The number of nitrogens with one attached hydrogen (secondary N) is 1. The summed E-state index contributed by atoms with van der Waals surface area (Å²) >= 11 is 0. The van der Waals surface area contributed by atoms with Crippen molar-refractivity contribution in [3.63, 3.8) is 0 Å². The number of para-hydroxylation sites is 1. The van der Waals surface area contributed by atoms with Crippen LogP contribution in [0.2, 0.25) is 0 Å². The van der Waals surface area contributed by atoms with Crippen LogP contribution in [0.1, 0.15) is 15.9 Å². The number of benzene rings is 2. The van der Waals surface area contributed by atoms with E-state index in [4.69, 9.17) is 11.2 Å². The maximum atomic E-state index is 12.3. The summed E-state index contributed by atoms with van der Waals surface area (Å²) in [5.41, 5.74) is 2.12. The van der Waals surface area contributed by atoms with E-state index in [9.17, 15) is 9.90 Å². The van der Waals surface area contributed by atoms with E-state index in [0.29, 0.717) is 5.75 Å². The number of rotatable bonds is 5. The zero-order valence-corrected chi connectivity index (χ0v) is 12.8. The average Bonchev–Trinajstić information content (AvgIpc) is 3.01. The van der Waals surface area contributed by atoms with Crippen LogP contribution in [-0.4, -0.2) is 22.5 Å². The molecule has 0 unspecified atom stereocenters. The molecule has 0 saturated carbocycles. The van der Waals surface area contributed by atoms with Crippen molar-refractivity contribution in [2.45, 2.75) is 0 Å². The van der Waals surface area contributed by atoms with Crippen molar-refractivity contribution in [2.24, 2.45) is 0 Å². The van der Waals surface area contributed by atoms with E-state index < -0.39 is 0 Å². The van der Waals surface area contributed by atoms with Crippen LogP contribution in [0.15, 0.2) is 54.7 Å². The normalized spacial score (nSPS) is 10.8. The molecule has 0 bridgehead atoms. The lowest BCUT2D eigenvalue weighted by molar-refractivity contribution is 0.104. The topological polar surface area (TPSA) is 62.3 Å². The molecule has 24 heavy (non-hydrogen) atoms. The number of terminal acetylenes is 1. The molecule has 0 fully saturated rings. The predicted molar refractivity (Wildman–Crippen MR) is 94.1 cm³/mol. The molecule has 3 aromatic rings. The Kier molecular flexibility index (Phi) is 4.35. The van der Waals surface area contributed by atoms with Crippen molar-refractivity contribution >= 4 is 22.8 Å². The van der Waals surface area contributed by atoms with Crippen LogP contribution in [0.3, 0.4) is 0 Å². The number of carbonyl (C=O) groups is 1. The van der Waals surface area contributed by atoms with E-state index >= 15 is 0 Å². The number of aromatic hydroxyl groups is 1. The first-order valence-electron chi connectivity index (χ1n) is 7.37. The Morgan fingerprint density at radius 1 is 1.29 bits per heavy atom. The zero-order chi connectivity index (χ0) is 16.9. The minimum Gasteiger partial charge on any atom is -0.507 e. The van der Waals surface area contributed by atoms with E-state index in [0.717, 1.165) is 16.5 Å². The number of phenolic OH excluding ortho intramolecular Hbond substituents is 1. The van der Waals surface area contributed by atoms with Gasteiger partial charge in [0.25, 0.3) is 0 Å². The number of ether oxygens (including phenoxy) is 1. The van der Waals surface area contributed by atoms with Gasteiger partial charge in [0.1, 0.15) is 18.1 Å². The standard InChI is InChI=1S/C20H15NO3/c1-2-11-24-15-8-9-17(20(23)12-15)19(22)10-7-14-13-21-18-6-4-3-5-16(14)18/h1,3-10,12-13,21,23H,11H2/b10-7+. The molecule has 1 heterocycles. The quantitative estimate of drug-likeness (QED) is 0.428. The van der Waals surface area contributed by atoms with Crippen LogP contribution in [0.5, 0.6) is 11.5 Å². The molecule has 118 valence electrons. The highest BCUT2D eigenvalue weighted by Gasteiger charge is 2.10. The van der Waals surface area contributed by atoms with Gasteiger partial charge in [-0.3, -0.25) is 4.79 Å². The van der Waals surface area contributed by atoms with Gasteiger partial charge in [-0.1, -0.05) is 24.1 Å². The van der Waals surface area contributed by atoms with Gasteiger partial charge in [0.15, 0.2) is 5.78 Å². The Hall–Kier alpha value is -3.45. The fraction of sp³-hybridized carbons (Fsp3) is 0.0500. The average molecular weight is 317 g/mol. The van der Waals surface area contributed by atoms with Crippen molar-refractivity contribution < 1.29 is 14.6 Å². The van der Waals surface area contributed by atoms with Gasteiger partial charge in [0.05, 0.1) is 5.56 Å². The molecule has 4 heteroatoms. The van der Waals surface area contributed by atoms with Crippen molar-refractivity contribution in [1.29, 1.82) is 0 Å². The van der Waals surface area contributed by atoms with E-state index in [1.165, 1.54) is 18.2 Å². The molecule has 0 spiro atoms. The second-order valence-corrected chi connectivity index (χ2v) is 5.16. The summed E-state index contributed by atoms with van der Waals surface area (Å²) in [5, 5.41) is 11.0. The fourth-order valence-electron chi connectivity index (χ4n) is 2.42. The Morgan fingerprint density at radius 2 is 2.12 bits per heavy atom. The summed E-state index contributed by atoms with van der Waals surface area (Å²) in [7, 11) is 0. The number of hydrogen-bond acceptors (Lipinski definition) is 3. The van der Waals surface area contributed by atoms with Crippen molar-refractivity contribution in [3.05, 3.63) is 65.9 Å². The van der Waals surface area contributed by atoms with Gasteiger partial charge in [-0.05, 0) is 35.9 Å². The van der Waals surface area contributed by atoms with E-state index in [1.807, 2.05) is 30.5 Å². The minimum absolute atomic E-state index is 0.104. The van der Waals surface area contributed by atoms with Crippen molar-refractivity contribution in [3.8, 4) is 23.8 Å². The van der Waals surface area contributed by atoms with Crippen LogP contribution < -0.4 is 4.74 Å². The third-order valence-electron chi connectivity index (χ3n) is 3.59. The molecule has 1 aromatic heterocycles. The molecule has 0 aliphatic rings. The van der Waals surface area contributed by atoms with Crippen LogP contribution in [-0.2, 0) is 0 Å². The van der Waals surface area contributed by atoms with Gasteiger partial charge in [0.2, 0.25) is 0 Å². The van der Waals surface area contributed by atoms with Crippen molar-refractivity contribution in [1.82, 2.24) is 4.98 Å². The molecule has 2 N–H and O–H groups in total. The van der Waals surface area contributed by atoms with Gasteiger partial charge in [-0.15, -0.1) is 6.42 Å². The third-order valence-corrected chi connectivity index (χ3v) is 3.59. The first-order valence-corrected chi connectivity index (χ1v) is 7.37. The lowest BCUT2D eigenvalue weighted by Gasteiger charge is -2.05. The zero-order valence-electron chi connectivity index (χ0n) is 12.8. The monoisotopic (exact) mass is 317 g/mol. The molecule has 0 radical (unpaired) electrons. The number of allylic oxidation sites excluding steroid dienone is 1. The van der Waals surface area contributed by atoms with E-state index in [-0.39, 0.29) is 23.7 Å². The Bertz CT molecular complexity index is 960. The highest BCUT2D eigenvalue weighted by Crippen LogP contribution is 2.25. The Balaban J connectivity index is 1.81. The number of carbonyl (C=O) groups excluding carboxylic acids is 1. The highest BCUT2D eigenvalue weighted by molar-refractivity contribution is 6.09. The number of aromatic amines is 1. The van der Waals surface area contributed by atoms with Gasteiger partial charge in [-0.25, -0.2) is 0 Å². The smallest absolute Gasteiger partial charge is 0.189 e. The van der Waals surface area contributed by atoms with Gasteiger partial charge < -0.3 is 14.8 Å². The number of H-pyrrole nitrogens is 1. The maximum Gasteiger partial charge on any atom is 0.189 e. The summed E-state index contributed by atoms with van der Waals surface area (Å²) in [6, 6.07) is 12.3. The third kappa shape index (κ3) is 3.16. The Labute approximate surface area is 139 Å². The maximum absolute atomic E-state index is 12.3. The Morgan fingerprint density at radius 3 is 2.92 bits per heavy atom. The SMILES string of the molecule is C#CCOc1ccc(C(=O)/C=C/c2c[nH]c3ccccc23)c(O)c1. The number of fused-ring (bicyclic) bond motifs is 1. The first kappa shape index (κ1) is 15.4. The molecule has 2 aromatic carbocycles. The number of aromatic nitrogens is 1. The lowest BCUT2D eigenvalue weighted by atomic mass is 10.1. The summed E-state index contributed by atoms with van der Waals surface area (Å²) in [5.74, 6) is 2.33. The predicted octanol–water partition coefficient (Wildman–Crippen LogP) is 3.78. The van der Waals surface area contributed by atoms with Crippen LogP contribution in [0.25, 0.3) is 17.0 Å². The second kappa shape index (κ2) is 6.76. The molecule has 0 saturated heterocycles. The molecule has 4 nitrogen and oxygen atoms in total. The number of hydrogen-bond donors (Lipinski definition) is 2. The second-order valence-electron chi connectivity index (χ2n) is 5.16. The molecular weight excluding hydrogens is 302 g/mol. The minimum atomic E-state index is -0.290. The van der Waals surface area contributed by atoms with Crippen LogP contribution in [0.4, 0.5) is 0 Å². The molecule has 0 amide bonds. The summed E-state index contributed by atoms with van der Waals surface area (Å²) in [6.07, 6.45) is 10.1. The fourth-order valence-corrected chi connectivity index (χ4v) is 2.42. The van der Waals surface area contributed by atoms with Gasteiger partial charge in [-0.2, -0.15) is 0 Å². The molecule has 0 atom stereocenters. The number of phenols is 1. The van der Waals surface area contributed by atoms with Crippen LogP contribution >= 0.6 is 0 Å². The lowest BCUT2D eigenvalue weighted by Crippen LogP contribution is -1.97. The summed E-state index contributed by atoms with van der Waals surface area (Å²) in [4.78, 5) is 15.4. The summed E-state index contributed by atoms with van der Waals surface area (Å²) < 4.78 is 5.21. The summed E-state index contributed by atoms with van der Waals surface area (Å²) in [6.45, 7) is 0.104. The van der Waals surface area contributed by atoms with Crippen molar-refractivity contribution in [2.75, 3.05) is 6.61 Å². The van der Waals surface area contributed by atoms with Gasteiger partial charge in [0, 0.05) is 23.2 Å². The highest BCUT2D eigenvalue weighted by atomic mass is 16.5. The number of ketones is 1. The molecule has 0 aliphatic carbocycles. The molecule has 0 aliphatic heterocycles. The van der Waals surface area contributed by atoms with Crippen LogP contribution in [0, 0.1) is 12.3 Å². The molecular formula is C20H15NO3. The van der Waals surface area contributed by atoms with E-state index in [2.05, 4.69) is 10.9 Å². The van der Waals surface area contributed by atoms with Gasteiger partial charge >= 0.3 is 0 Å². The van der Waals surface area contributed by atoms with E-state index in [1.54, 1.807) is 12.1 Å². The largest absolute Gasteiger partial charge is 0.507 e. The first-order chi connectivity index (χ1) is 11.7.